The highest BCUT2D eigenvalue weighted by Crippen LogP contribution is 2.31. The van der Waals surface area contributed by atoms with Gasteiger partial charge in [-0.25, -0.2) is 0 Å². The molecule has 0 radical (unpaired) electrons. The molecule has 2 rings (SSSR count). The Morgan fingerprint density at radius 2 is 1.63 bits per heavy atom. The second-order valence-electron chi connectivity index (χ2n) is 4.00. The SMILES string of the molecule is CN(C)c1nnc(-c2cccc(C(F)(F)F)c2)nn1. The average Bonchev–Trinajstić information content (AvgIpc) is 2.38. The Labute approximate surface area is 107 Å². The van der Waals surface area contributed by atoms with Gasteiger partial charge in [-0.15, -0.1) is 20.4 Å². The monoisotopic (exact) mass is 269 g/mol. The maximum absolute atomic E-state index is 12.6. The highest BCUT2D eigenvalue weighted by atomic mass is 19.4. The molecule has 1 heterocycles. The molecule has 2 aromatic rings. The van der Waals surface area contributed by atoms with E-state index < -0.39 is 11.7 Å². The third kappa shape index (κ3) is 2.95. The molecule has 0 spiro atoms. The van der Waals surface area contributed by atoms with Crippen LogP contribution in [0.4, 0.5) is 19.1 Å². The number of anilines is 1. The minimum atomic E-state index is -4.40. The number of benzene rings is 1. The fraction of sp³-hybridized carbons (Fsp3) is 0.273. The molecule has 0 amide bonds. The average molecular weight is 269 g/mol. The van der Waals surface area contributed by atoms with Crippen LogP contribution in [0.3, 0.4) is 0 Å². The molecule has 5 nitrogen and oxygen atoms in total. The lowest BCUT2D eigenvalue weighted by molar-refractivity contribution is -0.137. The third-order valence-electron chi connectivity index (χ3n) is 2.32. The highest BCUT2D eigenvalue weighted by Gasteiger charge is 2.30. The quantitative estimate of drug-likeness (QED) is 0.834. The molecule has 0 aliphatic rings. The van der Waals surface area contributed by atoms with Crippen molar-refractivity contribution in [3.8, 4) is 11.4 Å². The van der Waals surface area contributed by atoms with Crippen molar-refractivity contribution in [2.24, 2.45) is 0 Å². The van der Waals surface area contributed by atoms with Crippen LogP contribution in [0, 0.1) is 0 Å². The summed E-state index contributed by atoms with van der Waals surface area (Å²) in [4.78, 5) is 1.59. The van der Waals surface area contributed by atoms with E-state index in [2.05, 4.69) is 20.4 Å². The molecular weight excluding hydrogens is 259 g/mol. The van der Waals surface area contributed by atoms with Gasteiger partial charge in [0, 0.05) is 19.7 Å². The van der Waals surface area contributed by atoms with Gasteiger partial charge in [-0.1, -0.05) is 12.1 Å². The van der Waals surface area contributed by atoms with Crippen molar-refractivity contribution >= 4 is 5.95 Å². The summed E-state index contributed by atoms with van der Waals surface area (Å²) in [5.74, 6) is 0.340. The first-order chi connectivity index (χ1) is 8.88. The standard InChI is InChI=1S/C11H10F3N5/c1-19(2)10-17-15-9(16-18-10)7-4-3-5-8(6-7)11(12,13)14/h3-6H,1-2H3. The first-order valence-corrected chi connectivity index (χ1v) is 5.30. The summed E-state index contributed by atoms with van der Waals surface area (Å²) >= 11 is 0. The van der Waals surface area contributed by atoms with Gasteiger partial charge in [-0.2, -0.15) is 13.2 Å². The van der Waals surface area contributed by atoms with Crippen LogP contribution in [0.2, 0.25) is 0 Å². The number of halogens is 3. The number of hydrogen-bond acceptors (Lipinski definition) is 5. The zero-order valence-corrected chi connectivity index (χ0v) is 10.2. The van der Waals surface area contributed by atoms with Crippen molar-refractivity contribution in [3.05, 3.63) is 29.8 Å². The summed E-state index contributed by atoms with van der Waals surface area (Å²) in [6.45, 7) is 0. The van der Waals surface area contributed by atoms with Gasteiger partial charge < -0.3 is 4.90 Å². The van der Waals surface area contributed by atoms with E-state index in [0.717, 1.165) is 12.1 Å². The van der Waals surface area contributed by atoms with E-state index in [-0.39, 0.29) is 17.3 Å². The molecule has 0 aliphatic carbocycles. The minimum Gasteiger partial charge on any atom is -0.344 e. The summed E-state index contributed by atoms with van der Waals surface area (Å²) in [5.41, 5.74) is -0.537. The van der Waals surface area contributed by atoms with Crippen molar-refractivity contribution in [1.29, 1.82) is 0 Å². The molecule has 0 N–H and O–H groups in total. The van der Waals surface area contributed by atoms with Crippen molar-refractivity contribution in [1.82, 2.24) is 20.4 Å². The van der Waals surface area contributed by atoms with Crippen LogP contribution in [-0.2, 0) is 6.18 Å². The molecule has 0 aliphatic heterocycles. The van der Waals surface area contributed by atoms with Gasteiger partial charge in [-0.3, -0.25) is 0 Å². The minimum absolute atomic E-state index is 0.0525. The Kier molecular flexibility index (Phi) is 3.32. The van der Waals surface area contributed by atoms with Crippen LogP contribution in [0.1, 0.15) is 5.56 Å². The Bertz CT molecular complexity index is 565. The lowest BCUT2D eigenvalue weighted by Crippen LogP contribution is -2.14. The second-order valence-corrected chi connectivity index (χ2v) is 4.00. The molecule has 0 saturated heterocycles. The fourth-order valence-electron chi connectivity index (χ4n) is 1.35. The number of rotatable bonds is 2. The van der Waals surface area contributed by atoms with Crippen LogP contribution < -0.4 is 4.90 Å². The predicted molar refractivity (Wildman–Crippen MR) is 62.4 cm³/mol. The second kappa shape index (κ2) is 4.79. The lowest BCUT2D eigenvalue weighted by Gasteiger charge is -2.09. The molecule has 0 bridgehead atoms. The summed E-state index contributed by atoms with van der Waals surface area (Å²) in [7, 11) is 3.42. The molecule has 0 atom stereocenters. The van der Waals surface area contributed by atoms with Crippen LogP contribution in [0.5, 0.6) is 0 Å². The first-order valence-electron chi connectivity index (χ1n) is 5.30. The van der Waals surface area contributed by atoms with Crippen molar-refractivity contribution in [3.63, 3.8) is 0 Å². The lowest BCUT2D eigenvalue weighted by atomic mass is 10.1. The van der Waals surface area contributed by atoms with E-state index in [1.165, 1.54) is 12.1 Å². The number of aromatic nitrogens is 4. The molecule has 0 saturated carbocycles. The van der Waals surface area contributed by atoms with E-state index in [4.69, 9.17) is 0 Å². The van der Waals surface area contributed by atoms with Crippen LogP contribution in [0.15, 0.2) is 24.3 Å². The molecule has 1 aromatic carbocycles. The van der Waals surface area contributed by atoms with Crippen LogP contribution in [0.25, 0.3) is 11.4 Å². The molecule has 1 aromatic heterocycles. The maximum Gasteiger partial charge on any atom is 0.416 e. The van der Waals surface area contributed by atoms with Gasteiger partial charge in [0.2, 0.25) is 5.82 Å². The van der Waals surface area contributed by atoms with Crippen LogP contribution >= 0.6 is 0 Å². The largest absolute Gasteiger partial charge is 0.416 e. The van der Waals surface area contributed by atoms with Crippen molar-refractivity contribution < 1.29 is 13.2 Å². The van der Waals surface area contributed by atoms with Gasteiger partial charge in [0.05, 0.1) is 5.56 Å². The van der Waals surface area contributed by atoms with Gasteiger partial charge >= 0.3 is 6.18 Å². The maximum atomic E-state index is 12.6. The summed E-state index contributed by atoms with van der Waals surface area (Å²) < 4.78 is 37.7. The van der Waals surface area contributed by atoms with Gasteiger partial charge in [0.1, 0.15) is 0 Å². The van der Waals surface area contributed by atoms with E-state index in [1.807, 2.05) is 0 Å². The Morgan fingerprint density at radius 1 is 1.00 bits per heavy atom. The summed E-state index contributed by atoms with van der Waals surface area (Å²) in [6.07, 6.45) is -4.40. The predicted octanol–water partition coefficient (Wildman–Crippen LogP) is 2.02. The van der Waals surface area contributed by atoms with E-state index in [1.54, 1.807) is 19.0 Å². The van der Waals surface area contributed by atoms with Crippen molar-refractivity contribution in [2.45, 2.75) is 6.18 Å². The van der Waals surface area contributed by atoms with E-state index in [0.29, 0.717) is 0 Å². The van der Waals surface area contributed by atoms with Gasteiger partial charge in [-0.05, 0) is 12.1 Å². The summed E-state index contributed by atoms with van der Waals surface area (Å²) in [6, 6.07) is 4.72. The summed E-state index contributed by atoms with van der Waals surface area (Å²) in [5, 5.41) is 15.1. The van der Waals surface area contributed by atoms with Gasteiger partial charge in [0.15, 0.2) is 0 Å². The first kappa shape index (κ1) is 13.2. The Balaban J connectivity index is 2.37. The molecule has 0 fully saturated rings. The van der Waals surface area contributed by atoms with Crippen LogP contribution in [-0.4, -0.2) is 34.5 Å². The Morgan fingerprint density at radius 3 is 2.16 bits per heavy atom. The Hall–Kier alpha value is -2.25. The molecular formula is C11H10F3N5. The molecule has 19 heavy (non-hydrogen) atoms. The number of alkyl halides is 3. The third-order valence-corrected chi connectivity index (χ3v) is 2.32. The van der Waals surface area contributed by atoms with Crippen molar-refractivity contribution in [2.75, 3.05) is 19.0 Å². The number of hydrogen-bond donors (Lipinski definition) is 0. The molecule has 0 unspecified atom stereocenters. The number of nitrogens with zero attached hydrogens (tertiary/aromatic N) is 5. The zero-order valence-electron chi connectivity index (χ0n) is 10.2. The van der Waals surface area contributed by atoms with E-state index in [9.17, 15) is 13.2 Å². The molecule has 8 heteroatoms. The fourth-order valence-corrected chi connectivity index (χ4v) is 1.35. The smallest absolute Gasteiger partial charge is 0.344 e. The normalized spacial score (nSPS) is 11.4. The highest BCUT2D eigenvalue weighted by molar-refractivity contribution is 5.55. The zero-order chi connectivity index (χ0) is 14.0. The molecule has 100 valence electrons. The van der Waals surface area contributed by atoms with Gasteiger partial charge in [0.25, 0.3) is 5.95 Å². The van der Waals surface area contributed by atoms with E-state index >= 15 is 0 Å². The topological polar surface area (TPSA) is 54.8 Å².